The average Bonchev–Trinajstić information content (AvgIpc) is 2.59. The summed E-state index contributed by atoms with van der Waals surface area (Å²) in [6.07, 6.45) is -4.90. The molecule has 0 fully saturated rings. The molecule has 0 aliphatic carbocycles. The first kappa shape index (κ1) is 17.6. The lowest BCUT2D eigenvalue weighted by molar-refractivity contribution is -0.275. The van der Waals surface area contributed by atoms with Crippen LogP contribution in [0.1, 0.15) is 5.56 Å². The van der Waals surface area contributed by atoms with E-state index in [0.717, 1.165) is 5.39 Å². The largest absolute Gasteiger partial charge is 0.490 e. The number of aliphatic hydroxyl groups is 1. The summed E-state index contributed by atoms with van der Waals surface area (Å²) in [7, 11) is 0. The van der Waals surface area contributed by atoms with E-state index in [1.807, 2.05) is 0 Å². The summed E-state index contributed by atoms with van der Waals surface area (Å²) in [6.45, 7) is -0.962. The fourth-order valence-electron chi connectivity index (χ4n) is 2.49. The molecular weight excluding hydrogens is 353 g/mol. The topological polar surface area (TPSA) is 29.5 Å². The second-order valence-electron chi connectivity index (χ2n) is 5.66. The van der Waals surface area contributed by atoms with Crippen LogP contribution in [0.25, 0.3) is 10.8 Å². The van der Waals surface area contributed by atoms with E-state index in [9.17, 15) is 18.3 Å². The maximum atomic E-state index is 13.6. The van der Waals surface area contributed by atoms with Crippen molar-refractivity contribution in [3.63, 3.8) is 0 Å². The highest BCUT2D eigenvalue weighted by molar-refractivity contribution is 6.30. The minimum absolute atomic E-state index is 0.188. The average molecular weight is 367 g/mol. The van der Waals surface area contributed by atoms with Crippen LogP contribution in [-0.2, 0) is 5.60 Å². The van der Waals surface area contributed by atoms with Crippen molar-refractivity contribution in [3.05, 3.63) is 77.3 Å². The summed E-state index contributed by atoms with van der Waals surface area (Å²) in [5, 5.41) is 12.2. The third-order valence-electron chi connectivity index (χ3n) is 3.96. The van der Waals surface area contributed by atoms with Crippen LogP contribution in [-0.4, -0.2) is 17.9 Å². The molecule has 3 rings (SSSR count). The second kappa shape index (κ2) is 6.58. The molecule has 1 atom stereocenters. The normalized spacial score (nSPS) is 14.3. The first-order valence-corrected chi connectivity index (χ1v) is 7.84. The zero-order valence-electron chi connectivity index (χ0n) is 12.9. The van der Waals surface area contributed by atoms with Crippen LogP contribution in [0, 0.1) is 0 Å². The quantitative estimate of drug-likeness (QED) is 0.677. The number of rotatable bonds is 4. The molecule has 0 saturated heterocycles. The van der Waals surface area contributed by atoms with Gasteiger partial charge < -0.3 is 9.84 Å². The Morgan fingerprint density at radius 1 is 0.880 bits per heavy atom. The number of hydrogen-bond acceptors (Lipinski definition) is 2. The standard InChI is InChI=1S/C19H14ClF3O2/c20-16-7-9-17(10-8-16)25-12-18(24,19(21,22)23)15-6-5-13-3-1-2-4-14(13)11-15/h1-11,24H,12H2. The molecule has 3 aromatic carbocycles. The highest BCUT2D eigenvalue weighted by Crippen LogP contribution is 2.40. The summed E-state index contributed by atoms with van der Waals surface area (Å²) in [6, 6.07) is 17.0. The first-order valence-electron chi connectivity index (χ1n) is 7.46. The van der Waals surface area contributed by atoms with Gasteiger partial charge in [0, 0.05) is 5.02 Å². The monoisotopic (exact) mass is 366 g/mol. The van der Waals surface area contributed by atoms with Gasteiger partial charge in [0.15, 0.2) is 0 Å². The molecule has 0 spiro atoms. The Balaban J connectivity index is 1.95. The number of fused-ring (bicyclic) bond motifs is 1. The van der Waals surface area contributed by atoms with Crippen molar-refractivity contribution in [2.24, 2.45) is 0 Å². The molecule has 0 aromatic heterocycles. The van der Waals surface area contributed by atoms with Crippen molar-refractivity contribution in [1.29, 1.82) is 0 Å². The maximum absolute atomic E-state index is 13.6. The predicted molar refractivity (Wildman–Crippen MR) is 90.8 cm³/mol. The predicted octanol–water partition coefficient (Wildman–Crippen LogP) is 5.32. The van der Waals surface area contributed by atoms with Crippen LogP contribution < -0.4 is 4.74 Å². The number of halogens is 4. The van der Waals surface area contributed by atoms with E-state index in [-0.39, 0.29) is 11.3 Å². The molecule has 1 unspecified atom stereocenters. The maximum Gasteiger partial charge on any atom is 0.424 e. The van der Waals surface area contributed by atoms with Crippen molar-refractivity contribution in [2.75, 3.05) is 6.61 Å². The Kier molecular flexibility index (Phi) is 4.62. The highest BCUT2D eigenvalue weighted by Gasteiger charge is 2.56. The SMILES string of the molecule is OC(COc1ccc(Cl)cc1)(c1ccc2ccccc2c1)C(F)(F)F. The van der Waals surface area contributed by atoms with Gasteiger partial charge >= 0.3 is 6.18 Å². The minimum Gasteiger partial charge on any atom is -0.490 e. The van der Waals surface area contributed by atoms with Crippen LogP contribution in [0.2, 0.25) is 5.02 Å². The molecule has 0 aliphatic rings. The zero-order chi connectivity index (χ0) is 18.1. The molecule has 0 saturated carbocycles. The molecule has 130 valence electrons. The van der Waals surface area contributed by atoms with E-state index in [1.165, 1.54) is 36.4 Å². The van der Waals surface area contributed by atoms with Gasteiger partial charge in [-0.3, -0.25) is 0 Å². The van der Waals surface area contributed by atoms with Gasteiger partial charge in [0.25, 0.3) is 0 Å². The van der Waals surface area contributed by atoms with Crippen LogP contribution in [0.3, 0.4) is 0 Å². The third kappa shape index (κ3) is 3.57. The van der Waals surface area contributed by atoms with Gasteiger partial charge in [-0.25, -0.2) is 0 Å². The molecule has 2 nitrogen and oxygen atoms in total. The number of alkyl halides is 3. The van der Waals surface area contributed by atoms with E-state index < -0.39 is 18.4 Å². The number of hydrogen-bond donors (Lipinski definition) is 1. The summed E-state index contributed by atoms with van der Waals surface area (Å²) in [5.41, 5.74) is -3.40. The smallest absolute Gasteiger partial charge is 0.424 e. The van der Waals surface area contributed by atoms with Crippen molar-refractivity contribution < 1.29 is 23.0 Å². The fourth-order valence-corrected chi connectivity index (χ4v) is 2.62. The summed E-state index contributed by atoms with van der Waals surface area (Å²) in [4.78, 5) is 0. The lowest BCUT2D eigenvalue weighted by atomic mass is 9.92. The lowest BCUT2D eigenvalue weighted by Gasteiger charge is -2.31. The number of ether oxygens (including phenoxy) is 1. The molecule has 0 amide bonds. The zero-order valence-corrected chi connectivity index (χ0v) is 13.7. The van der Waals surface area contributed by atoms with Crippen molar-refractivity contribution in [2.45, 2.75) is 11.8 Å². The van der Waals surface area contributed by atoms with Gasteiger partial charge in [-0.15, -0.1) is 0 Å². The van der Waals surface area contributed by atoms with Gasteiger partial charge in [0.2, 0.25) is 5.60 Å². The third-order valence-corrected chi connectivity index (χ3v) is 4.21. The van der Waals surface area contributed by atoms with Crippen LogP contribution >= 0.6 is 11.6 Å². The first-order chi connectivity index (χ1) is 11.8. The Morgan fingerprint density at radius 2 is 1.52 bits per heavy atom. The van der Waals surface area contributed by atoms with E-state index in [0.29, 0.717) is 10.4 Å². The summed E-state index contributed by atoms with van der Waals surface area (Å²) in [5.74, 6) is 0.188. The van der Waals surface area contributed by atoms with Crippen molar-refractivity contribution >= 4 is 22.4 Å². The van der Waals surface area contributed by atoms with Gasteiger partial charge in [-0.2, -0.15) is 13.2 Å². The van der Waals surface area contributed by atoms with Gasteiger partial charge in [-0.05, 0) is 46.7 Å². The molecular formula is C19H14ClF3O2. The molecule has 0 heterocycles. The highest BCUT2D eigenvalue weighted by atomic mass is 35.5. The van der Waals surface area contributed by atoms with E-state index in [1.54, 1.807) is 30.3 Å². The second-order valence-corrected chi connectivity index (χ2v) is 6.10. The molecule has 0 aliphatic heterocycles. The van der Waals surface area contributed by atoms with E-state index >= 15 is 0 Å². The molecule has 25 heavy (non-hydrogen) atoms. The van der Waals surface area contributed by atoms with Crippen LogP contribution in [0.4, 0.5) is 13.2 Å². The lowest BCUT2D eigenvalue weighted by Crippen LogP contribution is -2.47. The summed E-state index contributed by atoms with van der Waals surface area (Å²) >= 11 is 5.74. The molecule has 0 bridgehead atoms. The Labute approximate surface area is 147 Å². The fraction of sp³-hybridized carbons (Fsp3) is 0.158. The molecule has 3 aromatic rings. The molecule has 0 radical (unpaired) electrons. The Bertz CT molecular complexity index is 878. The van der Waals surface area contributed by atoms with Crippen molar-refractivity contribution in [3.8, 4) is 5.75 Å². The van der Waals surface area contributed by atoms with Gasteiger partial charge in [0.1, 0.15) is 12.4 Å². The van der Waals surface area contributed by atoms with E-state index in [4.69, 9.17) is 16.3 Å². The summed E-state index contributed by atoms with van der Waals surface area (Å²) < 4.78 is 46.0. The van der Waals surface area contributed by atoms with Gasteiger partial charge in [-0.1, -0.05) is 48.0 Å². The van der Waals surface area contributed by atoms with E-state index in [2.05, 4.69) is 0 Å². The molecule has 6 heteroatoms. The van der Waals surface area contributed by atoms with Crippen LogP contribution in [0.5, 0.6) is 5.75 Å². The number of benzene rings is 3. The van der Waals surface area contributed by atoms with Crippen LogP contribution in [0.15, 0.2) is 66.7 Å². The van der Waals surface area contributed by atoms with Gasteiger partial charge in [0.05, 0.1) is 0 Å². The molecule has 1 N–H and O–H groups in total. The van der Waals surface area contributed by atoms with Crippen molar-refractivity contribution in [1.82, 2.24) is 0 Å². The minimum atomic E-state index is -4.90. The Hall–Kier alpha value is -2.24. The Morgan fingerprint density at radius 3 is 2.16 bits per heavy atom.